The van der Waals surface area contributed by atoms with Crippen LogP contribution in [0, 0.1) is 17.4 Å². The van der Waals surface area contributed by atoms with Crippen molar-refractivity contribution in [1.29, 1.82) is 5.26 Å². The van der Waals surface area contributed by atoms with Crippen LogP contribution in [0.3, 0.4) is 0 Å². The first kappa shape index (κ1) is 7.07. The number of carbonyl (C=O) groups is 1. The van der Waals surface area contributed by atoms with Crippen molar-refractivity contribution in [3.05, 3.63) is 0 Å². The van der Waals surface area contributed by atoms with E-state index in [1.807, 2.05) is 0 Å². The Morgan fingerprint density at radius 2 is 2.10 bits per heavy atom. The van der Waals surface area contributed by atoms with Crippen LogP contribution in [0.15, 0.2) is 0 Å². The molecule has 0 aromatic heterocycles. The lowest BCUT2D eigenvalue weighted by molar-refractivity contribution is -0.112. The molecular formula is C7H10N2O. The monoisotopic (exact) mass is 138 g/mol. The van der Waals surface area contributed by atoms with E-state index in [4.69, 9.17) is 5.26 Å². The fraction of sp³-hybridized carbons (Fsp3) is 0.714. The highest BCUT2D eigenvalue weighted by molar-refractivity contribution is 5.53. The maximum atomic E-state index is 10.3. The van der Waals surface area contributed by atoms with Gasteiger partial charge >= 0.3 is 0 Å². The highest BCUT2D eigenvalue weighted by Gasteiger charge is 2.16. The molecule has 0 radical (unpaired) electrons. The number of hydrogen-bond acceptors (Lipinski definition) is 3. The predicted octanol–water partition coefficient (Wildman–Crippen LogP) is 0.378. The molecule has 1 fully saturated rings. The first-order chi connectivity index (χ1) is 4.86. The summed E-state index contributed by atoms with van der Waals surface area (Å²) >= 11 is 0. The number of nitrogens with zero attached hydrogens (tertiary/aromatic N) is 2. The molecule has 0 spiro atoms. The number of likely N-dealkylation sites (tertiary alicyclic amines) is 1. The molecule has 0 bridgehead atoms. The van der Waals surface area contributed by atoms with Gasteiger partial charge in [-0.2, -0.15) is 5.26 Å². The van der Waals surface area contributed by atoms with Crippen molar-refractivity contribution in [2.75, 3.05) is 13.1 Å². The molecule has 1 aliphatic heterocycles. The molecule has 10 heavy (non-hydrogen) atoms. The SMILES string of the molecule is N#CN1CCC(C=O)CC1. The molecule has 0 amide bonds. The van der Waals surface area contributed by atoms with Crippen LogP contribution in [0.4, 0.5) is 0 Å². The van der Waals surface area contributed by atoms with Crippen LogP contribution >= 0.6 is 0 Å². The van der Waals surface area contributed by atoms with Crippen molar-refractivity contribution in [3.63, 3.8) is 0 Å². The number of piperidine rings is 1. The summed E-state index contributed by atoms with van der Waals surface area (Å²) in [5.41, 5.74) is 0. The summed E-state index contributed by atoms with van der Waals surface area (Å²) < 4.78 is 0. The molecule has 3 heteroatoms. The Labute approximate surface area is 60.2 Å². The minimum atomic E-state index is 0.199. The molecule has 0 aliphatic carbocycles. The second-order valence-corrected chi connectivity index (χ2v) is 2.56. The molecule has 0 atom stereocenters. The largest absolute Gasteiger partial charge is 0.311 e. The highest BCUT2D eigenvalue weighted by Crippen LogP contribution is 2.13. The van der Waals surface area contributed by atoms with Crippen molar-refractivity contribution < 1.29 is 4.79 Å². The van der Waals surface area contributed by atoms with Crippen LogP contribution in [-0.2, 0) is 4.79 Å². The van der Waals surface area contributed by atoms with E-state index in [1.54, 1.807) is 4.90 Å². The molecule has 0 saturated carbocycles. The van der Waals surface area contributed by atoms with Crippen LogP contribution in [0.5, 0.6) is 0 Å². The summed E-state index contributed by atoms with van der Waals surface area (Å²) in [4.78, 5) is 11.9. The minimum absolute atomic E-state index is 0.199. The lowest BCUT2D eigenvalue weighted by atomic mass is 9.99. The van der Waals surface area contributed by atoms with Gasteiger partial charge in [0.15, 0.2) is 6.19 Å². The van der Waals surface area contributed by atoms with Gasteiger partial charge in [-0.1, -0.05) is 0 Å². The zero-order chi connectivity index (χ0) is 7.40. The van der Waals surface area contributed by atoms with Gasteiger partial charge in [0, 0.05) is 19.0 Å². The molecule has 3 nitrogen and oxygen atoms in total. The van der Waals surface area contributed by atoms with Gasteiger partial charge in [-0.05, 0) is 12.8 Å². The van der Waals surface area contributed by atoms with Gasteiger partial charge in [0.1, 0.15) is 6.29 Å². The molecule has 54 valence electrons. The fourth-order valence-electron chi connectivity index (χ4n) is 1.14. The Morgan fingerprint density at radius 1 is 1.50 bits per heavy atom. The molecule has 1 rings (SSSR count). The summed E-state index contributed by atoms with van der Waals surface area (Å²) in [6, 6.07) is 0. The van der Waals surface area contributed by atoms with E-state index in [9.17, 15) is 4.79 Å². The summed E-state index contributed by atoms with van der Waals surface area (Å²) in [5.74, 6) is 0.199. The maximum absolute atomic E-state index is 10.3. The van der Waals surface area contributed by atoms with E-state index >= 15 is 0 Å². The van der Waals surface area contributed by atoms with Gasteiger partial charge in [0.05, 0.1) is 0 Å². The summed E-state index contributed by atoms with van der Waals surface area (Å²) in [6.07, 6.45) is 4.75. The second kappa shape index (κ2) is 3.21. The number of nitriles is 1. The Hall–Kier alpha value is -1.04. The molecule has 0 aromatic rings. The van der Waals surface area contributed by atoms with Crippen LogP contribution in [0.2, 0.25) is 0 Å². The number of hydrogen-bond donors (Lipinski definition) is 0. The van der Waals surface area contributed by atoms with Crippen LogP contribution in [-0.4, -0.2) is 24.3 Å². The van der Waals surface area contributed by atoms with Gasteiger partial charge < -0.3 is 9.69 Å². The minimum Gasteiger partial charge on any atom is -0.311 e. The van der Waals surface area contributed by atoms with Gasteiger partial charge in [-0.3, -0.25) is 0 Å². The molecule has 1 saturated heterocycles. The smallest absolute Gasteiger partial charge is 0.179 e. The zero-order valence-corrected chi connectivity index (χ0v) is 5.79. The summed E-state index contributed by atoms with van der Waals surface area (Å²) in [6.45, 7) is 1.50. The molecule has 0 unspecified atom stereocenters. The van der Waals surface area contributed by atoms with Crippen LogP contribution < -0.4 is 0 Å². The number of aldehydes is 1. The third kappa shape index (κ3) is 1.47. The van der Waals surface area contributed by atoms with Gasteiger partial charge in [-0.15, -0.1) is 0 Å². The average Bonchev–Trinajstić information content (AvgIpc) is 2.05. The standard InChI is InChI=1S/C7H10N2O/c8-6-9-3-1-7(5-10)2-4-9/h5,7H,1-4H2. The summed E-state index contributed by atoms with van der Waals surface area (Å²) in [5, 5.41) is 8.44. The Morgan fingerprint density at radius 3 is 2.50 bits per heavy atom. The van der Waals surface area contributed by atoms with E-state index in [0.29, 0.717) is 0 Å². The predicted molar refractivity (Wildman–Crippen MR) is 36.0 cm³/mol. The third-order valence-electron chi connectivity index (χ3n) is 1.87. The van der Waals surface area contributed by atoms with Gasteiger partial charge in [0.2, 0.25) is 0 Å². The number of carbonyl (C=O) groups excluding carboxylic acids is 1. The van der Waals surface area contributed by atoms with Crippen molar-refractivity contribution in [2.45, 2.75) is 12.8 Å². The number of rotatable bonds is 1. The Bertz CT molecular complexity index is 153. The molecule has 0 aromatic carbocycles. The van der Waals surface area contributed by atoms with Crippen molar-refractivity contribution in [3.8, 4) is 6.19 Å². The zero-order valence-electron chi connectivity index (χ0n) is 5.79. The van der Waals surface area contributed by atoms with Gasteiger partial charge in [0.25, 0.3) is 0 Å². The quantitative estimate of drug-likeness (QED) is 0.388. The Balaban J connectivity index is 2.32. The average molecular weight is 138 g/mol. The molecule has 1 heterocycles. The van der Waals surface area contributed by atoms with Gasteiger partial charge in [-0.25, -0.2) is 0 Å². The van der Waals surface area contributed by atoms with Crippen molar-refractivity contribution in [1.82, 2.24) is 4.90 Å². The normalized spacial score (nSPS) is 20.1. The van der Waals surface area contributed by atoms with Crippen molar-refractivity contribution >= 4 is 6.29 Å². The van der Waals surface area contributed by atoms with E-state index in [2.05, 4.69) is 6.19 Å². The molecule has 0 N–H and O–H groups in total. The van der Waals surface area contributed by atoms with Crippen LogP contribution in [0.25, 0.3) is 0 Å². The topological polar surface area (TPSA) is 44.1 Å². The van der Waals surface area contributed by atoms with E-state index < -0.39 is 0 Å². The van der Waals surface area contributed by atoms with Crippen LogP contribution in [0.1, 0.15) is 12.8 Å². The van der Waals surface area contributed by atoms with E-state index in [1.165, 1.54) is 0 Å². The third-order valence-corrected chi connectivity index (χ3v) is 1.87. The first-order valence-electron chi connectivity index (χ1n) is 3.47. The molecule has 1 aliphatic rings. The van der Waals surface area contributed by atoms with E-state index in [0.717, 1.165) is 32.2 Å². The first-order valence-corrected chi connectivity index (χ1v) is 3.47. The second-order valence-electron chi connectivity index (χ2n) is 2.56. The fourth-order valence-corrected chi connectivity index (χ4v) is 1.14. The van der Waals surface area contributed by atoms with Crippen molar-refractivity contribution in [2.24, 2.45) is 5.92 Å². The Kier molecular flexibility index (Phi) is 2.27. The lowest BCUT2D eigenvalue weighted by Crippen LogP contribution is -2.30. The van der Waals surface area contributed by atoms with E-state index in [-0.39, 0.29) is 5.92 Å². The highest BCUT2D eigenvalue weighted by atomic mass is 16.1. The maximum Gasteiger partial charge on any atom is 0.179 e. The lowest BCUT2D eigenvalue weighted by Gasteiger charge is -2.24. The summed E-state index contributed by atoms with van der Waals surface area (Å²) in [7, 11) is 0. The molecular weight excluding hydrogens is 128 g/mol.